The summed E-state index contributed by atoms with van der Waals surface area (Å²) in [5, 5.41) is 35.1. The van der Waals surface area contributed by atoms with Gasteiger partial charge in [-0.25, -0.2) is 4.79 Å². The number of carbonyl (C=O) groups excluding carboxylic acids is 6. The number of amides is 6. The molecule has 1 aliphatic heterocycles. The Labute approximate surface area is 281 Å². The number of aliphatic carboxylic acids is 1. The van der Waals surface area contributed by atoms with Crippen LogP contribution in [0.3, 0.4) is 0 Å². The maximum atomic E-state index is 13.5. The van der Waals surface area contributed by atoms with Gasteiger partial charge in [-0.2, -0.15) is 0 Å². The summed E-state index contributed by atoms with van der Waals surface area (Å²) in [5.41, 5.74) is 10.8. The molecule has 12 N–H and O–H groups in total. The number of hydrogen-bond acceptors (Lipinski definition) is 10. The third-order valence-corrected chi connectivity index (χ3v) is 7.75. The molecule has 17 heteroatoms. The molecule has 1 aliphatic rings. The van der Waals surface area contributed by atoms with Gasteiger partial charge in [-0.15, -0.1) is 0 Å². The third kappa shape index (κ3) is 15.8. The lowest BCUT2D eigenvalue weighted by Gasteiger charge is -2.28. The minimum Gasteiger partial charge on any atom is -0.480 e. The predicted octanol–water partition coefficient (Wildman–Crippen LogP) is -2.27. The summed E-state index contributed by atoms with van der Waals surface area (Å²) in [7, 11) is 0. The van der Waals surface area contributed by atoms with Crippen LogP contribution in [-0.2, 0) is 33.6 Å². The van der Waals surface area contributed by atoms with Crippen LogP contribution < -0.4 is 43.4 Å². The summed E-state index contributed by atoms with van der Waals surface area (Å²) in [5.74, 6) is -5.80. The molecule has 0 aliphatic carbocycles. The van der Waals surface area contributed by atoms with Crippen molar-refractivity contribution in [2.24, 2.45) is 23.3 Å². The first-order valence-electron chi connectivity index (χ1n) is 16.7. The summed E-state index contributed by atoms with van der Waals surface area (Å²) >= 11 is 0. The molecule has 1 heterocycles. The molecule has 6 atom stereocenters. The molecule has 0 bridgehead atoms. The maximum absolute atomic E-state index is 13.5. The van der Waals surface area contributed by atoms with Crippen molar-refractivity contribution in [2.75, 3.05) is 19.7 Å². The Hall–Kier alpha value is -3.83. The molecule has 0 aromatic rings. The van der Waals surface area contributed by atoms with E-state index in [0.29, 0.717) is 32.4 Å². The summed E-state index contributed by atoms with van der Waals surface area (Å²) in [6.45, 7) is 7.51. The second-order valence-electron chi connectivity index (χ2n) is 13.0. The second-order valence-corrected chi connectivity index (χ2v) is 13.0. The Bertz CT molecular complexity index is 1100. The largest absolute Gasteiger partial charge is 0.480 e. The molecule has 48 heavy (non-hydrogen) atoms. The van der Waals surface area contributed by atoms with Crippen LogP contribution in [0.2, 0.25) is 0 Å². The molecule has 0 aromatic heterocycles. The lowest BCUT2D eigenvalue weighted by atomic mass is 10.00. The molecule has 17 nitrogen and oxygen atoms in total. The highest BCUT2D eigenvalue weighted by atomic mass is 16.4. The lowest BCUT2D eigenvalue weighted by molar-refractivity contribution is -0.142. The first-order chi connectivity index (χ1) is 22.6. The fourth-order valence-corrected chi connectivity index (χ4v) is 5.18. The Balaban J connectivity index is 3.14. The fraction of sp³-hybridized carbons (Fsp3) is 0.774. The molecule has 0 spiro atoms. The van der Waals surface area contributed by atoms with Gasteiger partial charge in [0, 0.05) is 6.42 Å². The second kappa shape index (κ2) is 21.9. The van der Waals surface area contributed by atoms with Crippen molar-refractivity contribution < 1.29 is 43.8 Å². The van der Waals surface area contributed by atoms with Crippen LogP contribution in [0.15, 0.2) is 0 Å². The van der Waals surface area contributed by atoms with Gasteiger partial charge < -0.3 is 53.6 Å². The Morgan fingerprint density at radius 2 is 1.23 bits per heavy atom. The fourth-order valence-electron chi connectivity index (χ4n) is 5.18. The minimum atomic E-state index is -1.36. The van der Waals surface area contributed by atoms with E-state index in [1.165, 1.54) is 0 Å². The van der Waals surface area contributed by atoms with Gasteiger partial charge in [-0.05, 0) is 76.3 Å². The van der Waals surface area contributed by atoms with Crippen molar-refractivity contribution >= 4 is 41.4 Å². The van der Waals surface area contributed by atoms with E-state index in [4.69, 9.17) is 11.5 Å². The Kier molecular flexibility index (Phi) is 19.3. The number of aliphatic hydroxyl groups is 1. The van der Waals surface area contributed by atoms with Crippen LogP contribution in [0.1, 0.15) is 85.5 Å². The van der Waals surface area contributed by atoms with E-state index >= 15 is 0 Å². The van der Waals surface area contributed by atoms with E-state index in [2.05, 4.69) is 31.9 Å². The normalized spacial score (nSPS) is 17.5. The molecule has 6 amide bonds. The van der Waals surface area contributed by atoms with Crippen molar-refractivity contribution in [1.29, 1.82) is 0 Å². The molecule has 274 valence electrons. The van der Waals surface area contributed by atoms with Crippen LogP contribution in [0.5, 0.6) is 0 Å². The van der Waals surface area contributed by atoms with Crippen LogP contribution in [0, 0.1) is 11.8 Å². The molecule has 1 saturated heterocycles. The number of carbonyl (C=O) groups is 7. The topological polar surface area (TPSA) is 284 Å². The number of hydrogen-bond donors (Lipinski definition) is 10. The summed E-state index contributed by atoms with van der Waals surface area (Å²) in [6, 6.07) is -6.77. The highest BCUT2D eigenvalue weighted by Crippen LogP contribution is 2.11. The molecule has 0 unspecified atom stereocenters. The summed E-state index contributed by atoms with van der Waals surface area (Å²) < 4.78 is 0. The number of unbranched alkanes of at least 4 members (excludes halogenated alkanes) is 1. The molecular formula is C31H56N8O9. The van der Waals surface area contributed by atoms with Crippen LogP contribution in [0.25, 0.3) is 0 Å². The zero-order valence-electron chi connectivity index (χ0n) is 28.5. The first kappa shape index (κ1) is 42.2. The van der Waals surface area contributed by atoms with E-state index in [9.17, 15) is 43.8 Å². The van der Waals surface area contributed by atoms with Gasteiger partial charge in [0.2, 0.25) is 35.4 Å². The predicted molar refractivity (Wildman–Crippen MR) is 176 cm³/mol. The first-order valence-corrected chi connectivity index (χ1v) is 16.7. The van der Waals surface area contributed by atoms with Gasteiger partial charge in [-0.1, -0.05) is 27.7 Å². The number of rotatable bonds is 23. The van der Waals surface area contributed by atoms with Gasteiger partial charge in [0.1, 0.15) is 30.2 Å². The monoisotopic (exact) mass is 684 g/mol. The molecule has 0 radical (unpaired) electrons. The summed E-state index contributed by atoms with van der Waals surface area (Å²) in [4.78, 5) is 89.3. The maximum Gasteiger partial charge on any atom is 0.326 e. The smallest absolute Gasteiger partial charge is 0.326 e. The van der Waals surface area contributed by atoms with Gasteiger partial charge in [0.05, 0.1) is 12.6 Å². The Morgan fingerprint density at radius 3 is 1.67 bits per heavy atom. The zero-order valence-corrected chi connectivity index (χ0v) is 28.5. The van der Waals surface area contributed by atoms with E-state index < -0.39 is 84.3 Å². The van der Waals surface area contributed by atoms with E-state index in [-0.39, 0.29) is 43.9 Å². The number of aliphatic hydroxyl groups excluding tert-OH is 1. The standard InChI is InChI=1S/C31H56N8O9/c1-17(2)14-22(38-30(46)24(16-40)39-26(42)19-9-7-13-34-19)28(44)35-20(10-11-25(33)41)27(43)37-23(15-18(3)4)29(45)36-21(31(47)48)8-5-6-12-32/h17-24,34,40H,5-16,32H2,1-4H3,(H2,33,41)(H,35,44)(H,36,45)(H,37,43)(H,38,46)(H,39,42)(H,47,48)/t19-,20-,21-,22-,23-,24-/m0/s1. The van der Waals surface area contributed by atoms with E-state index in [1.54, 1.807) is 27.7 Å². The van der Waals surface area contributed by atoms with Gasteiger partial charge in [0.15, 0.2) is 0 Å². The van der Waals surface area contributed by atoms with Gasteiger partial charge in [0.25, 0.3) is 0 Å². The SMILES string of the molecule is CC(C)C[C@H](NC(=O)[C@H](CCC(N)=O)NC(=O)[C@H](CC(C)C)NC(=O)[C@H](CO)NC(=O)[C@@H]1CCCN1)C(=O)N[C@@H](CCCCN)C(=O)O. The molecule has 1 rings (SSSR count). The molecular weight excluding hydrogens is 628 g/mol. The van der Waals surface area contributed by atoms with Crippen LogP contribution in [-0.4, -0.2) is 108 Å². The average molecular weight is 685 g/mol. The average Bonchev–Trinajstić information content (AvgIpc) is 3.55. The quantitative estimate of drug-likeness (QED) is 0.0512. The van der Waals surface area contributed by atoms with Crippen molar-refractivity contribution in [2.45, 2.75) is 122 Å². The van der Waals surface area contributed by atoms with Crippen molar-refractivity contribution in [3.05, 3.63) is 0 Å². The zero-order chi connectivity index (χ0) is 36.4. The van der Waals surface area contributed by atoms with E-state index in [1.807, 2.05) is 0 Å². The van der Waals surface area contributed by atoms with Gasteiger partial charge in [-0.3, -0.25) is 28.8 Å². The van der Waals surface area contributed by atoms with Crippen molar-refractivity contribution in [1.82, 2.24) is 31.9 Å². The number of carboxylic acid groups (broad SMARTS) is 1. The number of carboxylic acids is 1. The number of nitrogens with one attached hydrogen (secondary N) is 6. The van der Waals surface area contributed by atoms with Crippen molar-refractivity contribution in [3.63, 3.8) is 0 Å². The van der Waals surface area contributed by atoms with E-state index in [0.717, 1.165) is 6.42 Å². The Morgan fingerprint density at radius 1 is 0.729 bits per heavy atom. The minimum absolute atomic E-state index is 0.102. The van der Waals surface area contributed by atoms with Crippen LogP contribution in [0.4, 0.5) is 0 Å². The highest BCUT2D eigenvalue weighted by molar-refractivity contribution is 5.96. The molecule has 1 fully saturated rings. The summed E-state index contributed by atoms with van der Waals surface area (Å²) in [6.07, 6.45) is 2.27. The van der Waals surface area contributed by atoms with Crippen molar-refractivity contribution in [3.8, 4) is 0 Å². The molecule has 0 aromatic carbocycles. The highest BCUT2D eigenvalue weighted by Gasteiger charge is 2.34. The lowest BCUT2D eigenvalue weighted by Crippen LogP contribution is -2.60. The number of primary amides is 1. The molecule has 0 saturated carbocycles. The third-order valence-electron chi connectivity index (χ3n) is 7.75. The van der Waals surface area contributed by atoms with Crippen LogP contribution >= 0.6 is 0 Å². The van der Waals surface area contributed by atoms with Gasteiger partial charge >= 0.3 is 5.97 Å². The number of nitrogens with two attached hydrogens (primary N) is 2.